The molecule has 3 aliphatic rings. The third-order valence-corrected chi connectivity index (χ3v) is 7.89. The minimum atomic E-state index is -0.700. The summed E-state index contributed by atoms with van der Waals surface area (Å²) in [6.07, 6.45) is 4.25. The first-order chi connectivity index (χ1) is 17.4. The van der Waals surface area contributed by atoms with Gasteiger partial charge in [0, 0.05) is 31.3 Å². The van der Waals surface area contributed by atoms with Gasteiger partial charge >= 0.3 is 0 Å². The highest BCUT2D eigenvalue weighted by Crippen LogP contribution is 2.38. The summed E-state index contributed by atoms with van der Waals surface area (Å²) >= 11 is 0. The van der Waals surface area contributed by atoms with Crippen LogP contribution in [0.2, 0.25) is 0 Å². The van der Waals surface area contributed by atoms with Gasteiger partial charge in [-0.15, -0.1) is 0 Å². The molecule has 1 aromatic carbocycles. The minimum absolute atomic E-state index is 0.142. The van der Waals surface area contributed by atoms with Crippen LogP contribution in [0.3, 0.4) is 0 Å². The molecule has 2 aromatic heterocycles. The molecular weight excluding hydrogens is 461 g/mol. The molecule has 2 fully saturated rings. The molecule has 1 atom stereocenters. The Morgan fingerprint density at radius 1 is 1.11 bits per heavy atom. The third kappa shape index (κ3) is 3.87. The summed E-state index contributed by atoms with van der Waals surface area (Å²) in [7, 11) is 0. The van der Waals surface area contributed by atoms with Crippen molar-refractivity contribution < 1.29 is 18.8 Å². The van der Waals surface area contributed by atoms with Crippen molar-refractivity contribution >= 4 is 23.4 Å². The molecule has 0 bridgehead atoms. The molecular formula is C27H28FN5O3. The molecule has 0 saturated carbocycles. The van der Waals surface area contributed by atoms with Crippen LogP contribution in [0, 0.1) is 12.7 Å². The van der Waals surface area contributed by atoms with Gasteiger partial charge in [-0.1, -0.05) is 6.07 Å². The number of imide groups is 1. The quantitative estimate of drug-likeness (QED) is 0.570. The van der Waals surface area contributed by atoms with Crippen molar-refractivity contribution in [1.82, 2.24) is 24.5 Å². The minimum Gasteiger partial charge on any atom is -0.322 e. The summed E-state index contributed by atoms with van der Waals surface area (Å²) in [5.41, 5.74) is 5.19. The summed E-state index contributed by atoms with van der Waals surface area (Å²) < 4.78 is 16.8. The van der Waals surface area contributed by atoms with E-state index in [0.717, 1.165) is 54.9 Å². The fourth-order valence-corrected chi connectivity index (χ4v) is 5.99. The lowest BCUT2D eigenvalue weighted by atomic mass is 9.85. The summed E-state index contributed by atoms with van der Waals surface area (Å²) in [6.45, 7) is 4.83. The van der Waals surface area contributed by atoms with Gasteiger partial charge < -0.3 is 9.30 Å². The Hall–Kier alpha value is -3.59. The lowest BCUT2D eigenvalue weighted by Gasteiger charge is -2.33. The Morgan fingerprint density at radius 3 is 2.69 bits per heavy atom. The maximum Gasteiger partial charge on any atom is 0.255 e. The van der Waals surface area contributed by atoms with E-state index >= 15 is 0 Å². The second-order valence-electron chi connectivity index (χ2n) is 10.0. The maximum atomic E-state index is 14.7. The average Bonchev–Trinajstić information content (AvgIpc) is 3.35. The Bertz CT molecular complexity index is 1390. The van der Waals surface area contributed by atoms with Crippen LogP contribution in [0.15, 0.2) is 36.5 Å². The zero-order valence-electron chi connectivity index (χ0n) is 20.2. The number of likely N-dealkylation sites (tertiary alicyclic amines) is 1. The average molecular weight is 490 g/mol. The monoisotopic (exact) mass is 489 g/mol. The van der Waals surface area contributed by atoms with Crippen molar-refractivity contribution in [3.8, 4) is 0 Å². The molecule has 0 aliphatic carbocycles. The van der Waals surface area contributed by atoms with Gasteiger partial charge in [-0.2, -0.15) is 0 Å². The molecule has 8 nitrogen and oxygen atoms in total. The van der Waals surface area contributed by atoms with Crippen LogP contribution in [-0.4, -0.2) is 56.0 Å². The molecule has 6 rings (SSSR count). The van der Waals surface area contributed by atoms with Crippen LogP contribution in [0.5, 0.6) is 0 Å². The van der Waals surface area contributed by atoms with E-state index in [1.807, 2.05) is 31.3 Å². The van der Waals surface area contributed by atoms with Crippen LogP contribution in [0.25, 0.3) is 5.65 Å². The number of benzene rings is 1. The highest BCUT2D eigenvalue weighted by atomic mass is 19.1. The van der Waals surface area contributed by atoms with Gasteiger partial charge in [0.1, 0.15) is 17.5 Å². The lowest BCUT2D eigenvalue weighted by molar-refractivity contribution is -0.136. The molecule has 186 valence electrons. The Labute approximate surface area is 208 Å². The number of hydrogen-bond acceptors (Lipinski definition) is 5. The molecule has 0 spiro atoms. The fraction of sp³-hybridized carbons (Fsp3) is 0.407. The first-order valence-electron chi connectivity index (χ1n) is 12.5. The SMILES string of the molecule is Cc1nc2ccccn2c1CN1CCC(c2cc(F)cc3c2CN(C2CCC(=O)NC2=O)C3=O)CC1. The van der Waals surface area contributed by atoms with Crippen molar-refractivity contribution in [2.45, 2.75) is 57.7 Å². The van der Waals surface area contributed by atoms with E-state index in [2.05, 4.69) is 19.6 Å². The number of piperidine rings is 2. The smallest absolute Gasteiger partial charge is 0.255 e. The van der Waals surface area contributed by atoms with E-state index in [-0.39, 0.29) is 30.7 Å². The van der Waals surface area contributed by atoms with Crippen molar-refractivity contribution in [2.24, 2.45) is 0 Å². The predicted molar refractivity (Wildman–Crippen MR) is 130 cm³/mol. The van der Waals surface area contributed by atoms with E-state index in [9.17, 15) is 18.8 Å². The van der Waals surface area contributed by atoms with E-state index in [1.54, 1.807) is 6.07 Å². The van der Waals surface area contributed by atoms with Gasteiger partial charge in [-0.25, -0.2) is 9.37 Å². The van der Waals surface area contributed by atoms with E-state index in [0.29, 0.717) is 12.0 Å². The van der Waals surface area contributed by atoms with Gasteiger partial charge in [-0.05, 0) is 80.6 Å². The van der Waals surface area contributed by atoms with Crippen LogP contribution in [-0.2, 0) is 22.7 Å². The summed E-state index contributed by atoms with van der Waals surface area (Å²) in [4.78, 5) is 45.7. The molecule has 1 N–H and O–H groups in total. The second kappa shape index (κ2) is 8.81. The van der Waals surface area contributed by atoms with E-state index in [1.165, 1.54) is 16.7 Å². The molecule has 1 unspecified atom stereocenters. The van der Waals surface area contributed by atoms with Crippen molar-refractivity contribution in [2.75, 3.05) is 13.1 Å². The number of rotatable bonds is 4. The number of carbonyl (C=O) groups is 3. The number of halogens is 1. The third-order valence-electron chi connectivity index (χ3n) is 7.89. The number of aryl methyl sites for hydroxylation is 1. The normalized spacial score (nSPS) is 21.3. The summed E-state index contributed by atoms with van der Waals surface area (Å²) in [6, 6.07) is 8.15. The highest BCUT2D eigenvalue weighted by Gasteiger charge is 2.41. The lowest BCUT2D eigenvalue weighted by Crippen LogP contribution is -2.52. The zero-order chi connectivity index (χ0) is 25.0. The maximum absolute atomic E-state index is 14.7. The highest BCUT2D eigenvalue weighted by molar-refractivity contribution is 6.05. The zero-order valence-corrected chi connectivity index (χ0v) is 20.2. The molecule has 36 heavy (non-hydrogen) atoms. The number of nitrogens with one attached hydrogen (secondary N) is 1. The largest absolute Gasteiger partial charge is 0.322 e. The number of imidazole rings is 1. The molecule has 9 heteroatoms. The first kappa shape index (κ1) is 22.8. The van der Waals surface area contributed by atoms with Crippen LogP contribution in [0.4, 0.5) is 4.39 Å². The number of carbonyl (C=O) groups excluding carboxylic acids is 3. The van der Waals surface area contributed by atoms with Crippen molar-refractivity contribution in [3.63, 3.8) is 0 Å². The number of pyridine rings is 1. The Kier molecular flexibility index (Phi) is 5.59. The van der Waals surface area contributed by atoms with Crippen LogP contribution < -0.4 is 5.32 Å². The van der Waals surface area contributed by atoms with Gasteiger partial charge in [0.15, 0.2) is 0 Å². The fourth-order valence-electron chi connectivity index (χ4n) is 5.99. The Balaban J connectivity index is 1.19. The summed E-state index contributed by atoms with van der Waals surface area (Å²) in [5.74, 6) is -1.39. The molecule has 2 saturated heterocycles. The number of amides is 3. The molecule has 0 radical (unpaired) electrons. The van der Waals surface area contributed by atoms with Crippen LogP contribution >= 0.6 is 0 Å². The second-order valence-corrected chi connectivity index (χ2v) is 10.0. The molecule has 3 aromatic rings. The molecule has 5 heterocycles. The van der Waals surface area contributed by atoms with Gasteiger partial charge in [0.05, 0.1) is 11.4 Å². The molecule has 3 aliphatic heterocycles. The number of aromatic nitrogens is 2. The van der Waals surface area contributed by atoms with Gasteiger partial charge in [0.25, 0.3) is 5.91 Å². The van der Waals surface area contributed by atoms with Crippen LogP contribution in [0.1, 0.15) is 64.5 Å². The number of nitrogens with zero attached hydrogens (tertiary/aromatic N) is 4. The first-order valence-corrected chi connectivity index (χ1v) is 12.5. The predicted octanol–water partition coefficient (Wildman–Crippen LogP) is 2.92. The van der Waals surface area contributed by atoms with Gasteiger partial charge in [-0.3, -0.25) is 24.6 Å². The molecule has 3 amide bonds. The standard InChI is InChI=1S/C27H28FN5O3/c1-16-23(32-9-3-2-4-24(32)29-16)15-31-10-7-17(8-11-31)19-12-18(28)13-20-21(19)14-33(27(20)36)22-5-6-25(34)30-26(22)35/h2-4,9,12-13,17,22H,5-8,10-11,14-15H2,1H3,(H,30,34,35). The van der Waals surface area contributed by atoms with Crippen molar-refractivity contribution in [1.29, 1.82) is 0 Å². The van der Waals surface area contributed by atoms with E-state index < -0.39 is 17.8 Å². The Morgan fingerprint density at radius 2 is 1.92 bits per heavy atom. The summed E-state index contributed by atoms with van der Waals surface area (Å²) in [5, 5.41) is 2.32. The number of fused-ring (bicyclic) bond motifs is 2. The van der Waals surface area contributed by atoms with Gasteiger partial charge in [0.2, 0.25) is 11.8 Å². The number of hydrogen-bond donors (Lipinski definition) is 1. The topological polar surface area (TPSA) is 87.0 Å². The van der Waals surface area contributed by atoms with E-state index in [4.69, 9.17) is 0 Å². The van der Waals surface area contributed by atoms with Crippen molar-refractivity contribution in [3.05, 3.63) is 70.4 Å².